The van der Waals surface area contributed by atoms with Crippen LogP contribution in [0.25, 0.3) is 16.9 Å². The molecular weight excluding hydrogens is 466 g/mol. The predicted octanol–water partition coefficient (Wildman–Crippen LogP) is 3.21. The smallest absolute Gasteiger partial charge is 0.313 e. The van der Waals surface area contributed by atoms with Crippen molar-refractivity contribution >= 4 is 17.5 Å². The van der Waals surface area contributed by atoms with Crippen LogP contribution in [-0.4, -0.2) is 60.8 Å². The highest BCUT2D eigenvalue weighted by atomic mass is 16.2. The zero-order valence-corrected chi connectivity index (χ0v) is 22.2. The number of benzene rings is 1. The number of imidazole rings is 2. The fraction of sp³-hybridized carbons (Fsp3) is 0.393. The molecule has 37 heavy (non-hydrogen) atoms. The molecule has 3 aromatic heterocycles. The third-order valence-electron chi connectivity index (χ3n) is 7.61. The number of piperazine rings is 1. The van der Waals surface area contributed by atoms with Crippen molar-refractivity contribution in [3.8, 4) is 11.3 Å². The van der Waals surface area contributed by atoms with Crippen LogP contribution in [0.1, 0.15) is 65.6 Å². The number of aryl methyl sites for hydroxylation is 2. The molecule has 1 unspecified atom stereocenters. The monoisotopic (exact) mass is 498 g/mol. The van der Waals surface area contributed by atoms with E-state index in [4.69, 9.17) is 5.10 Å². The van der Waals surface area contributed by atoms with E-state index in [0.29, 0.717) is 36.8 Å². The Morgan fingerprint density at radius 3 is 2.62 bits per heavy atom. The molecule has 0 bridgehead atoms. The average Bonchev–Trinajstić information content (AvgIpc) is 3.50. The van der Waals surface area contributed by atoms with Gasteiger partial charge in [0.15, 0.2) is 6.20 Å². The van der Waals surface area contributed by atoms with E-state index in [-0.39, 0.29) is 17.2 Å². The number of rotatable bonds is 2. The molecule has 1 atom stereocenters. The van der Waals surface area contributed by atoms with Gasteiger partial charge in [0, 0.05) is 25.6 Å². The first-order valence-electron chi connectivity index (χ1n) is 12.7. The van der Waals surface area contributed by atoms with Crippen LogP contribution in [-0.2, 0) is 11.1 Å². The van der Waals surface area contributed by atoms with Gasteiger partial charge in [-0.1, -0.05) is 54.1 Å². The molecule has 9 nitrogen and oxygen atoms in total. The number of hydrogen-bond donors (Lipinski definition) is 1. The topological polar surface area (TPSA) is 90.5 Å². The highest BCUT2D eigenvalue weighted by Crippen LogP contribution is 2.35. The fourth-order valence-corrected chi connectivity index (χ4v) is 5.76. The first-order chi connectivity index (χ1) is 17.5. The Balaban J connectivity index is 1.52. The summed E-state index contributed by atoms with van der Waals surface area (Å²) in [6.45, 7) is 13.8. The van der Waals surface area contributed by atoms with Crippen LogP contribution in [0.2, 0.25) is 0 Å². The summed E-state index contributed by atoms with van der Waals surface area (Å²) in [6.07, 6.45) is 3.42. The van der Waals surface area contributed by atoms with Gasteiger partial charge in [-0.15, -0.1) is 0 Å². The van der Waals surface area contributed by atoms with E-state index in [9.17, 15) is 9.59 Å². The third-order valence-corrected chi connectivity index (χ3v) is 7.61. The van der Waals surface area contributed by atoms with Gasteiger partial charge in [0.25, 0.3) is 5.91 Å². The molecule has 0 aliphatic carbocycles. The van der Waals surface area contributed by atoms with E-state index in [1.54, 1.807) is 6.20 Å². The fourth-order valence-electron chi connectivity index (χ4n) is 5.76. The molecular formula is C28H32N7O2+. The lowest BCUT2D eigenvalue weighted by Crippen LogP contribution is -2.69. The van der Waals surface area contributed by atoms with Gasteiger partial charge < -0.3 is 9.88 Å². The summed E-state index contributed by atoms with van der Waals surface area (Å²) in [7, 11) is 0. The van der Waals surface area contributed by atoms with E-state index in [1.807, 2.05) is 40.4 Å². The minimum Gasteiger partial charge on any atom is -0.338 e. The van der Waals surface area contributed by atoms with Crippen LogP contribution in [0.15, 0.2) is 42.7 Å². The number of nitrogens with one attached hydrogen (secondary N) is 1. The number of fused-ring (bicyclic) bond motifs is 5. The molecule has 4 aromatic rings. The summed E-state index contributed by atoms with van der Waals surface area (Å²) < 4.78 is 3.95. The highest BCUT2D eigenvalue weighted by Gasteiger charge is 2.57. The Morgan fingerprint density at radius 1 is 1.16 bits per heavy atom. The van der Waals surface area contributed by atoms with Crippen molar-refractivity contribution in [1.82, 2.24) is 29.4 Å². The SMILES string of the molecule is Cc1cccc(-c2cc(C(C)(C)C)c3n(cc4[n+]3C3(C)CN(C(=O)c5cnc(C)[nH]5)CCN3C4=O)n2)c1. The lowest BCUT2D eigenvalue weighted by molar-refractivity contribution is -0.749. The average molecular weight is 499 g/mol. The summed E-state index contributed by atoms with van der Waals surface area (Å²) in [5.41, 5.74) is 5.13. The molecule has 1 saturated heterocycles. The van der Waals surface area contributed by atoms with Crippen LogP contribution in [0.4, 0.5) is 0 Å². The molecule has 1 aromatic carbocycles. The molecule has 2 amide bonds. The van der Waals surface area contributed by atoms with E-state index < -0.39 is 5.66 Å². The zero-order chi connectivity index (χ0) is 26.3. The molecule has 9 heteroatoms. The van der Waals surface area contributed by atoms with Gasteiger partial charge in [-0.05, 0) is 31.4 Å². The van der Waals surface area contributed by atoms with Crippen molar-refractivity contribution in [3.63, 3.8) is 0 Å². The zero-order valence-electron chi connectivity index (χ0n) is 22.2. The number of carbonyl (C=O) groups is 2. The van der Waals surface area contributed by atoms with Crippen molar-refractivity contribution in [2.24, 2.45) is 0 Å². The highest BCUT2D eigenvalue weighted by molar-refractivity contribution is 5.95. The number of amides is 2. The molecule has 0 saturated carbocycles. The van der Waals surface area contributed by atoms with Gasteiger partial charge >= 0.3 is 11.6 Å². The summed E-state index contributed by atoms with van der Waals surface area (Å²) in [5.74, 6) is 0.557. The molecule has 2 aliphatic heterocycles. The van der Waals surface area contributed by atoms with Crippen molar-refractivity contribution < 1.29 is 14.2 Å². The summed E-state index contributed by atoms with van der Waals surface area (Å²) >= 11 is 0. The molecule has 1 fully saturated rings. The third kappa shape index (κ3) is 3.48. The van der Waals surface area contributed by atoms with Crippen molar-refractivity contribution in [2.75, 3.05) is 19.6 Å². The molecule has 6 rings (SSSR count). The Labute approximate surface area is 215 Å². The Bertz CT molecular complexity index is 1590. The quantitative estimate of drug-likeness (QED) is 0.430. The first-order valence-corrected chi connectivity index (χ1v) is 12.7. The lowest BCUT2D eigenvalue weighted by Gasteiger charge is -2.42. The van der Waals surface area contributed by atoms with Gasteiger partial charge in [-0.3, -0.25) is 14.5 Å². The van der Waals surface area contributed by atoms with E-state index in [1.165, 1.54) is 5.56 Å². The maximum Gasteiger partial charge on any atom is 0.313 e. The normalized spacial score (nSPS) is 19.5. The molecule has 2 aliphatic rings. The van der Waals surface area contributed by atoms with E-state index in [0.717, 1.165) is 22.5 Å². The van der Waals surface area contributed by atoms with Crippen LogP contribution in [0.3, 0.4) is 0 Å². The van der Waals surface area contributed by atoms with Gasteiger partial charge in [0.05, 0.1) is 18.3 Å². The minimum atomic E-state index is -0.739. The van der Waals surface area contributed by atoms with Crippen LogP contribution in [0.5, 0.6) is 0 Å². The van der Waals surface area contributed by atoms with Gasteiger partial charge in [-0.25, -0.2) is 4.98 Å². The first kappa shape index (κ1) is 23.4. The van der Waals surface area contributed by atoms with Crippen LogP contribution in [0, 0.1) is 13.8 Å². The van der Waals surface area contributed by atoms with Crippen molar-refractivity contribution in [3.05, 3.63) is 71.1 Å². The number of H-pyrrole nitrogens is 1. The molecule has 190 valence electrons. The number of carbonyl (C=O) groups excluding carboxylic acids is 2. The standard InChI is InChI=1S/C28H31N7O2/c1-17-8-7-9-19(12-17)21-13-20(27(3,4)5)24-34(31-21)15-23-26(37)33-11-10-32(16-28(33,6)35(23)24)25(36)22-14-29-18(2)30-22/h7-9,12-15H,10-11,16H2,1-6H3/p+1. The van der Waals surface area contributed by atoms with Gasteiger partial charge in [0.1, 0.15) is 17.2 Å². The summed E-state index contributed by atoms with van der Waals surface area (Å²) in [5, 5.41) is 4.96. The number of hydrogen-bond acceptors (Lipinski definition) is 4. The van der Waals surface area contributed by atoms with E-state index >= 15 is 0 Å². The second-order valence-electron chi connectivity index (χ2n) is 11.5. The van der Waals surface area contributed by atoms with Gasteiger partial charge in [0.2, 0.25) is 11.4 Å². The lowest BCUT2D eigenvalue weighted by atomic mass is 9.87. The molecule has 1 N–H and O–H groups in total. The Kier molecular flexibility index (Phi) is 4.90. The van der Waals surface area contributed by atoms with E-state index in [2.05, 4.69) is 66.5 Å². The summed E-state index contributed by atoms with van der Waals surface area (Å²) in [4.78, 5) is 37.9. The van der Waals surface area contributed by atoms with Crippen LogP contribution < -0.4 is 4.57 Å². The van der Waals surface area contributed by atoms with Crippen LogP contribution >= 0.6 is 0 Å². The second kappa shape index (κ2) is 7.74. The Hall–Kier alpha value is -4.01. The number of aromatic amines is 1. The van der Waals surface area contributed by atoms with Crippen molar-refractivity contribution in [2.45, 2.75) is 52.6 Å². The maximum absolute atomic E-state index is 13.7. The number of aromatic nitrogens is 5. The number of nitrogens with zero attached hydrogens (tertiary/aromatic N) is 6. The molecule has 5 heterocycles. The molecule has 0 radical (unpaired) electrons. The van der Waals surface area contributed by atoms with Gasteiger partial charge in [-0.2, -0.15) is 4.57 Å². The summed E-state index contributed by atoms with van der Waals surface area (Å²) in [6, 6.07) is 10.4. The molecule has 0 spiro atoms. The maximum atomic E-state index is 13.7. The largest absolute Gasteiger partial charge is 0.338 e. The predicted molar refractivity (Wildman–Crippen MR) is 138 cm³/mol. The minimum absolute atomic E-state index is 0.0329. The Morgan fingerprint density at radius 2 is 1.95 bits per heavy atom. The second-order valence-corrected chi connectivity index (χ2v) is 11.5. The van der Waals surface area contributed by atoms with Crippen molar-refractivity contribution in [1.29, 1.82) is 0 Å².